The lowest BCUT2D eigenvalue weighted by Gasteiger charge is -2.26. The molecule has 0 saturated carbocycles. The van der Waals surface area contributed by atoms with Crippen molar-refractivity contribution in [3.05, 3.63) is 83.3 Å². The SMILES string of the molecule is O=C(O)c1ccc(-c2c(C3CCOCC3)n(-c3ccc(F)cc3)c3ccc(F)c(O)c23)c(F)c1. The number of halogens is 3. The lowest BCUT2D eigenvalue weighted by Crippen LogP contribution is -2.17. The number of hydrogen-bond acceptors (Lipinski definition) is 3. The third kappa shape index (κ3) is 3.60. The van der Waals surface area contributed by atoms with E-state index >= 15 is 4.39 Å². The van der Waals surface area contributed by atoms with Crippen LogP contribution in [0.3, 0.4) is 0 Å². The van der Waals surface area contributed by atoms with Crippen LogP contribution < -0.4 is 0 Å². The molecule has 0 aliphatic carbocycles. The van der Waals surface area contributed by atoms with E-state index in [0.29, 0.717) is 43.0 Å². The van der Waals surface area contributed by atoms with Gasteiger partial charge in [0.25, 0.3) is 0 Å². The summed E-state index contributed by atoms with van der Waals surface area (Å²) in [5.74, 6) is -4.17. The van der Waals surface area contributed by atoms with Crippen molar-refractivity contribution in [2.45, 2.75) is 18.8 Å². The van der Waals surface area contributed by atoms with Crippen LogP contribution in [0.4, 0.5) is 13.2 Å². The van der Waals surface area contributed by atoms with Gasteiger partial charge in [0.15, 0.2) is 11.6 Å². The predicted octanol–water partition coefficient (Wildman–Crippen LogP) is 6.01. The molecule has 1 aliphatic heterocycles. The first kappa shape index (κ1) is 22.0. The second kappa shape index (κ2) is 8.53. The Morgan fingerprint density at radius 1 is 0.941 bits per heavy atom. The minimum atomic E-state index is -1.28. The largest absolute Gasteiger partial charge is 0.504 e. The van der Waals surface area contributed by atoms with Crippen molar-refractivity contribution in [1.29, 1.82) is 0 Å². The smallest absolute Gasteiger partial charge is 0.335 e. The zero-order valence-electron chi connectivity index (χ0n) is 17.9. The summed E-state index contributed by atoms with van der Waals surface area (Å²) < 4.78 is 50.9. The summed E-state index contributed by atoms with van der Waals surface area (Å²) in [6.45, 7) is 0.936. The van der Waals surface area contributed by atoms with Gasteiger partial charge < -0.3 is 19.5 Å². The topological polar surface area (TPSA) is 71.7 Å². The number of aromatic nitrogens is 1. The first-order valence-corrected chi connectivity index (χ1v) is 10.8. The van der Waals surface area contributed by atoms with Crippen molar-refractivity contribution in [2.24, 2.45) is 0 Å². The maximum absolute atomic E-state index is 15.3. The number of fused-ring (bicyclic) bond motifs is 1. The summed E-state index contributed by atoms with van der Waals surface area (Å²) in [6.07, 6.45) is 1.20. The molecule has 1 aliphatic rings. The predicted molar refractivity (Wildman–Crippen MR) is 120 cm³/mol. The summed E-state index contributed by atoms with van der Waals surface area (Å²) in [5.41, 5.74) is 1.69. The van der Waals surface area contributed by atoms with E-state index in [0.717, 1.165) is 12.1 Å². The van der Waals surface area contributed by atoms with E-state index < -0.39 is 29.2 Å². The zero-order chi connectivity index (χ0) is 24.0. The third-order valence-corrected chi connectivity index (χ3v) is 6.27. The summed E-state index contributed by atoms with van der Waals surface area (Å²) in [6, 6.07) is 11.8. The molecule has 8 heteroatoms. The van der Waals surface area contributed by atoms with Crippen molar-refractivity contribution in [2.75, 3.05) is 13.2 Å². The fourth-order valence-corrected chi connectivity index (χ4v) is 4.71. The molecule has 174 valence electrons. The Labute approximate surface area is 192 Å². The van der Waals surface area contributed by atoms with Crippen molar-refractivity contribution >= 4 is 16.9 Å². The quantitative estimate of drug-likeness (QED) is 0.386. The number of carboxylic acids is 1. The molecule has 1 aromatic heterocycles. The fraction of sp³-hybridized carbons (Fsp3) is 0.192. The fourth-order valence-electron chi connectivity index (χ4n) is 4.71. The summed E-state index contributed by atoms with van der Waals surface area (Å²) >= 11 is 0. The molecule has 4 aromatic rings. The van der Waals surface area contributed by atoms with E-state index in [2.05, 4.69) is 0 Å². The average Bonchev–Trinajstić information content (AvgIpc) is 3.18. The minimum absolute atomic E-state index is 0.0400. The molecule has 0 unspecified atom stereocenters. The van der Waals surface area contributed by atoms with Gasteiger partial charge in [-0.15, -0.1) is 0 Å². The molecular weight excluding hydrogens is 447 g/mol. The number of ether oxygens (including phenoxy) is 1. The van der Waals surface area contributed by atoms with Gasteiger partial charge in [-0.25, -0.2) is 18.0 Å². The maximum Gasteiger partial charge on any atom is 0.335 e. The molecule has 5 nitrogen and oxygen atoms in total. The van der Waals surface area contributed by atoms with Crippen LogP contribution in [0.5, 0.6) is 5.75 Å². The molecule has 0 amide bonds. The summed E-state index contributed by atoms with van der Waals surface area (Å²) in [7, 11) is 0. The minimum Gasteiger partial charge on any atom is -0.504 e. The molecule has 3 aromatic carbocycles. The number of aromatic hydroxyl groups is 1. The van der Waals surface area contributed by atoms with Crippen molar-refractivity contribution in [1.82, 2.24) is 4.57 Å². The Bertz CT molecular complexity index is 1410. The second-order valence-electron chi connectivity index (χ2n) is 8.25. The van der Waals surface area contributed by atoms with E-state index in [1.54, 1.807) is 16.7 Å². The number of carbonyl (C=O) groups is 1. The van der Waals surface area contributed by atoms with Crippen LogP contribution in [0.1, 0.15) is 34.8 Å². The van der Waals surface area contributed by atoms with Gasteiger partial charge in [0.05, 0.1) is 16.5 Å². The van der Waals surface area contributed by atoms with E-state index in [1.165, 1.54) is 30.3 Å². The number of carboxylic acid groups (broad SMARTS) is 1. The molecule has 0 bridgehead atoms. The van der Waals surface area contributed by atoms with Gasteiger partial charge in [-0.2, -0.15) is 0 Å². The highest BCUT2D eigenvalue weighted by Crippen LogP contribution is 2.47. The van der Waals surface area contributed by atoms with E-state index in [1.807, 2.05) is 0 Å². The second-order valence-corrected chi connectivity index (χ2v) is 8.25. The van der Waals surface area contributed by atoms with Crippen LogP contribution in [-0.2, 0) is 4.74 Å². The first-order chi connectivity index (χ1) is 16.4. The zero-order valence-corrected chi connectivity index (χ0v) is 17.9. The van der Waals surface area contributed by atoms with Gasteiger partial charge in [-0.3, -0.25) is 0 Å². The van der Waals surface area contributed by atoms with Gasteiger partial charge in [0, 0.05) is 41.6 Å². The van der Waals surface area contributed by atoms with Crippen LogP contribution >= 0.6 is 0 Å². The van der Waals surface area contributed by atoms with Crippen LogP contribution in [0.15, 0.2) is 54.6 Å². The Morgan fingerprint density at radius 2 is 1.65 bits per heavy atom. The number of rotatable bonds is 4. The molecule has 2 heterocycles. The van der Waals surface area contributed by atoms with Crippen molar-refractivity contribution in [3.63, 3.8) is 0 Å². The Morgan fingerprint density at radius 3 is 2.29 bits per heavy atom. The van der Waals surface area contributed by atoms with Gasteiger partial charge in [-0.05, 0) is 61.4 Å². The van der Waals surface area contributed by atoms with Gasteiger partial charge in [0.2, 0.25) is 0 Å². The van der Waals surface area contributed by atoms with Gasteiger partial charge in [-0.1, -0.05) is 6.07 Å². The highest BCUT2D eigenvalue weighted by Gasteiger charge is 2.31. The molecule has 34 heavy (non-hydrogen) atoms. The molecule has 1 fully saturated rings. The van der Waals surface area contributed by atoms with Crippen LogP contribution in [0.2, 0.25) is 0 Å². The van der Waals surface area contributed by atoms with E-state index in [-0.39, 0.29) is 28.0 Å². The van der Waals surface area contributed by atoms with Crippen LogP contribution in [-0.4, -0.2) is 34.0 Å². The Hall–Kier alpha value is -3.78. The standard InChI is InChI=1S/C26H20F3NO4/c27-16-2-4-17(5-3-16)30-21-8-7-19(28)25(31)23(21)22(24(30)14-9-11-34-12-10-14)18-6-1-15(26(32)33)13-20(18)29/h1-8,13-14,31H,9-12H2,(H,32,33). The number of nitrogens with zero attached hydrogens (tertiary/aromatic N) is 1. The van der Waals surface area contributed by atoms with Crippen molar-refractivity contribution < 1.29 is 32.9 Å². The van der Waals surface area contributed by atoms with Crippen LogP contribution in [0, 0.1) is 17.5 Å². The molecule has 0 spiro atoms. The number of aromatic carboxylic acids is 1. The summed E-state index contributed by atoms with van der Waals surface area (Å²) in [4.78, 5) is 11.3. The highest BCUT2D eigenvalue weighted by atomic mass is 19.1. The lowest BCUT2D eigenvalue weighted by molar-refractivity contribution is 0.0696. The van der Waals surface area contributed by atoms with Crippen LogP contribution in [0.25, 0.3) is 27.7 Å². The summed E-state index contributed by atoms with van der Waals surface area (Å²) in [5, 5.41) is 20.1. The monoisotopic (exact) mass is 467 g/mol. The molecular formula is C26H20F3NO4. The Kier molecular flexibility index (Phi) is 5.53. The van der Waals surface area contributed by atoms with E-state index in [9.17, 15) is 23.8 Å². The van der Waals surface area contributed by atoms with Gasteiger partial charge >= 0.3 is 5.97 Å². The Balaban J connectivity index is 1.91. The molecule has 0 atom stereocenters. The molecule has 1 saturated heterocycles. The number of hydrogen-bond donors (Lipinski definition) is 2. The van der Waals surface area contributed by atoms with Gasteiger partial charge in [0.1, 0.15) is 11.6 Å². The van der Waals surface area contributed by atoms with Crippen molar-refractivity contribution in [3.8, 4) is 22.6 Å². The number of benzene rings is 3. The molecule has 5 rings (SSSR count). The maximum atomic E-state index is 15.3. The average molecular weight is 467 g/mol. The number of phenols is 1. The number of phenolic OH excluding ortho intramolecular Hbond substituents is 1. The molecule has 0 radical (unpaired) electrons. The van der Waals surface area contributed by atoms with E-state index in [4.69, 9.17) is 4.74 Å². The third-order valence-electron chi connectivity index (χ3n) is 6.27. The lowest BCUT2D eigenvalue weighted by atomic mass is 9.89. The normalized spacial score (nSPS) is 14.6. The highest BCUT2D eigenvalue weighted by molar-refractivity contribution is 6.04. The molecule has 2 N–H and O–H groups in total. The first-order valence-electron chi connectivity index (χ1n) is 10.8.